The van der Waals surface area contributed by atoms with Gasteiger partial charge in [0.25, 0.3) is 0 Å². The fourth-order valence-corrected chi connectivity index (χ4v) is 3.74. The van der Waals surface area contributed by atoms with Crippen LogP contribution in [-0.4, -0.2) is 76.7 Å². The molecule has 7 N–H and O–H groups in total. The van der Waals surface area contributed by atoms with Crippen LogP contribution in [0.4, 0.5) is 0 Å². The Hall–Kier alpha value is -1.85. The topological polar surface area (TPSA) is 168 Å². The average molecular weight is 460 g/mol. The van der Waals surface area contributed by atoms with Gasteiger partial charge in [0, 0.05) is 6.54 Å². The van der Waals surface area contributed by atoms with Gasteiger partial charge in [-0.25, -0.2) is 4.79 Å². The van der Waals surface area contributed by atoms with Crippen LogP contribution in [0.25, 0.3) is 0 Å². The van der Waals surface area contributed by atoms with Gasteiger partial charge in [0.1, 0.15) is 18.1 Å². The summed E-state index contributed by atoms with van der Waals surface area (Å²) < 4.78 is 0. The number of unbranched alkanes of at least 4 members (excludes halogenated alkanes) is 1. The van der Waals surface area contributed by atoms with E-state index >= 15 is 0 Å². The molecule has 0 unspecified atom stereocenters. The second-order valence-electron chi connectivity index (χ2n) is 8.22. The van der Waals surface area contributed by atoms with E-state index in [-0.39, 0.29) is 18.2 Å². The minimum Gasteiger partial charge on any atom is -0.480 e. The van der Waals surface area contributed by atoms with Crippen LogP contribution < -0.4 is 22.1 Å². The van der Waals surface area contributed by atoms with E-state index in [4.69, 9.17) is 11.5 Å². The van der Waals surface area contributed by atoms with Crippen molar-refractivity contribution >= 4 is 36.3 Å². The highest BCUT2D eigenvalue weighted by Crippen LogP contribution is 2.20. The summed E-state index contributed by atoms with van der Waals surface area (Å²) in [4.78, 5) is 51.3. The molecule has 1 rings (SSSR count). The fourth-order valence-electron chi connectivity index (χ4n) is 3.48. The molecule has 178 valence electrons. The zero-order valence-corrected chi connectivity index (χ0v) is 19.3. The lowest BCUT2D eigenvalue weighted by Crippen LogP contribution is -2.57. The second kappa shape index (κ2) is 13.5. The van der Waals surface area contributed by atoms with E-state index in [0.29, 0.717) is 50.9 Å². The van der Waals surface area contributed by atoms with E-state index in [0.717, 1.165) is 0 Å². The first kappa shape index (κ1) is 27.2. The third kappa shape index (κ3) is 8.30. The lowest BCUT2D eigenvalue weighted by Gasteiger charge is -2.30. The Bertz CT molecular complexity index is 633. The number of rotatable bonds is 13. The lowest BCUT2D eigenvalue weighted by molar-refractivity contribution is -0.145. The summed E-state index contributed by atoms with van der Waals surface area (Å²) in [5.41, 5.74) is 11.5. The van der Waals surface area contributed by atoms with Gasteiger partial charge in [-0.1, -0.05) is 13.8 Å². The quantitative estimate of drug-likeness (QED) is 0.159. The third-order valence-electron chi connectivity index (χ3n) is 5.45. The molecule has 10 nitrogen and oxygen atoms in total. The Morgan fingerprint density at radius 1 is 1.13 bits per heavy atom. The molecule has 0 spiro atoms. The predicted molar refractivity (Wildman–Crippen MR) is 120 cm³/mol. The molecule has 1 fully saturated rings. The maximum Gasteiger partial charge on any atom is 0.326 e. The van der Waals surface area contributed by atoms with E-state index < -0.39 is 42.0 Å². The molecule has 0 aromatic carbocycles. The van der Waals surface area contributed by atoms with Crippen molar-refractivity contribution in [1.82, 2.24) is 15.5 Å². The van der Waals surface area contributed by atoms with E-state index in [2.05, 4.69) is 23.3 Å². The second-order valence-corrected chi connectivity index (χ2v) is 8.66. The Morgan fingerprint density at radius 2 is 1.81 bits per heavy atom. The van der Waals surface area contributed by atoms with Crippen LogP contribution in [0.5, 0.6) is 0 Å². The monoisotopic (exact) mass is 459 g/mol. The molecule has 1 heterocycles. The Morgan fingerprint density at radius 3 is 2.35 bits per heavy atom. The van der Waals surface area contributed by atoms with Crippen LogP contribution in [0.2, 0.25) is 0 Å². The maximum atomic E-state index is 13.3. The molecular formula is C20H37N5O5S. The van der Waals surface area contributed by atoms with Gasteiger partial charge in [-0.05, 0) is 56.7 Å². The zero-order valence-electron chi connectivity index (χ0n) is 18.4. The fraction of sp³-hybridized carbons (Fsp3) is 0.800. The van der Waals surface area contributed by atoms with Crippen LogP contribution in [0.15, 0.2) is 0 Å². The molecule has 0 aliphatic carbocycles. The smallest absolute Gasteiger partial charge is 0.326 e. The zero-order chi connectivity index (χ0) is 23.6. The largest absolute Gasteiger partial charge is 0.480 e. The molecule has 3 amide bonds. The predicted octanol–water partition coefficient (Wildman–Crippen LogP) is -0.536. The highest BCUT2D eigenvalue weighted by atomic mass is 32.1. The van der Waals surface area contributed by atoms with Crippen molar-refractivity contribution in [3.8, 4) is 0 Å². The summed E-state index contributed by atoms with van der Waals surface area (Å²) in [6, 6.07) is -3.40. The number of carboxylic acids is 1. The summed E-state index contributed by atoms with van der Waals surface area (Å²) >= 11 is 4.03. The van der Waals surface area contributed by atoms with Gasteiger partial charge in [-0.3, -0.25) is 14.4 Å². The molecule has 1 saturated heterocycles. The highest BCUT2D eigenvalue weighted by Gasteiger charge is 2.39. The van der Waals surface area contributed by atoms with Crippen LogP contribution in [-0.2, 0) is 19.2 Å². The van der Waals surface area contributed by atoms with Crippen LogP contribution in [0.3, 0.4) is 0 Å². The van der Waals surface area contributed by atoms with E-state index in [1.54, 1.807) is 0 Å². The first-order valence-electron chi connectivity index (χ1n) is 10.8. The number of hydrogen-bond acceptors (Lipinski definition) is 7. The van der Waals surface area contributed by atoms with Gasteiger partial charge in [-0.2, -0.15) is 12.6 Å². The standard InChI is InChI=1S/C20H37N5O5S/c1-12(2)16(22)18(27)23-13(6-3-4-9-21)19(28)25-10-5-7-15(25)17(26)24-14(8-11-31)20(29)30/h12-16,31H,3-11,21-22H2,1-2H3,(H,23,27)(H,24,26)(H,29,30)/t13-,14-,15-,16-/m0/s1. The van der Waals surface area contributed by atoms with Gasteiger partial charge in [0.2, 0.25) is 17.7 Å². The number of nitrogens with two attached hydrogens (primary N) is 2. The number of nitrogens with one attached hydrogen (secondary N) is 2. The van der Waals surface area contributed by atoms with E-state index in [1.807, 2.05) is 13.8 Å². The van der Waals surface area contributed by atoms with Gasteiger partial charge in [0.05, 0.1) is 6.04 Å². The Labute approximate surface area is 189 Å². The van der Waals surface area contributed by atoms with Crippen molar-refractivity contribution < 1.29 is 24.3 Å². The molecule has 11 heteroatoms. The maximum absolute atomic E-state index is 13.3. The average Bonchev–Trinajstić information content (AvgIpc) is 3.21. The van der Waals surface area contributed by atoms with E-state index in [1.165, 1.54) is 4.90 Å². The van der Waals surface area contributed by atoms with Gasteiger partial charge in [0.15, 0.2) is 0 Å². The molecule has 0 saturated carbocycles. The molecule has 1 aliphatic heterocycles. The molecule has 0 aromatic rings. The number of carboxylic acid groups (broad SMARTS) is 1. The Balaban J connectivity index is 2.93. The van der Waals surface area contributed by atoms with Crippen molar-refractivity contribution in [1.29, 1.82) is 0 Å². The van der Waals surface area contributed by atoms with Crippen LogP contribution >= 0.6 is 12.6 Å². The van der Waals surface area contributed by atoms with Crippen molar-refractivity contribution in [3.63, 3.8) is 0 Å². The van der Waals surface area contributed by atoms with Gasteiger partial charge < -0.3 is 32.1 Å². The first-order valence-corrected chi connectivity index (χ1v) is 11.5. The number of nitrogens with zero attached hydrogens (tertiary/aromatic N) is 1. The molecule has 31 heavy (non-hydrogen) atoms. The molecule has 0 aromatic heterocycles. The van der Waals surface area contributed by atoms with E-state index in [9.17, 15) is 24.3 Å². The number of likely N-dealkylation sites (tertiary alicyclic amines) is 1. The summed E-state index contributed by atoms with van der Waals surface area (Å²) in [6.45, 7) is 4.47. The minimum absolute atomic E-state index is 0.0927. The number of carbonyl (C=O) groups excluding carboxylic acids is 3. The van der Waals surface area contributed by atoms with Crippen molar-refractivity contribution in [2.45, 2.75) is 76.5 Å². The third-order valence-corrected chi connectivity index (χ3v) is 5.71. The van der Waals surface area contributed by atoms with Crippen molar-refractivity contribution in [3.05, 3.63) is 0 Å². The number of thiol groups is 1. The number of amides is 3. The highest BCUT2D eigenvalue weighted by molar-refractivity contribution is 7.80. The molecule has 0 bridgehead atoms. The summed E-state index contributed by atoms with van der Waals surface area (Å²) in [5.74, 6) is -2.22. The van der Waals surface area contributed by atoms with Crippen molar-refractivity contribution in [2.24, 2.45) is 17.4 Å². The molecular weight excluding hydrogens is 422 g/mol. The lowest BCUT2D eigenvalue weighted by atomic mass is 10.0. The van der Waals surface area contributed by atoms with Crippen molar-refractivity contribution in [2.75, 3.05) is 18.8 Å². The first-order chi connectivity index (χ1) is 14.6. The number of hydrogen-bond donors (Lipinski definition) is 6. The summed E-state index contributed by atoms with van der Waals surface area (Å²) in [6.07, 6.45) is 2.94. The number of carbonyl (C=O) groups is 4. The summed E-state index contributed by atoms with van der Waals surface area (Å²) in [5, 5.41) is 14.5. The normalized spacial score (nSPS) is 19.0. The molecule has 0 radical (unpaired) electrons. The molecule has 1 aliphatic rings. The van der Waals surface area contributed by atoms with Gasteiger partial charge in [-0.15, -0.1) is 0 Å². The SMILES string of the molecule is CC(C)[C@H](N)C(=O)N[C@@H](CCCCN)C(=O)N1CCC[C@H]1C(=O)N[C@@H](CCS)C(=O)O. The minimum atomic E-state index is -1.15. The van der Waals surface area contributed by atoms with Crippen LogP contribution in [0, 0.1) is 5.92 Å². The van der Waals surface area contributed by atoms with Gasteiger partial charge >= 0.3 is 5.97 Å². The Kier molecular flexibility index (Phi) is 11.9. The summed E-state index contributed by atoms with van der Waals surface area (Å²) in [7, 11) is 0. The number of aliphatic carboxylic acids is 1. The van der Waals surface area contributed by atoms with Crippen LogP contribution in [0.1, 0.15) is 52.4 Å². The molecule has 4 atom stereocenters.